The van der Waals surface area contributed by atoms with Crippen LogP contribution in [0.5, 0.6) is 0 Å². The molecule has 1 unspecified atom stereocenters. The van der Waals surface area contributed by atoms with Crippen LogP contribution in [0.15, 0.2) is 0 Å². The number of likely N-dealkylation sites (N-methyl/N-ethyl adjacent to an activating group) is 1. The van der Waals surface area contributed by atoms with Crippen molar-refractivity contribution in [1.29, 1.82) is 0 Å². The molecule has 0 aliphatic heterocycles. The van der Waals surface area contributed by atoms with Crippen molar-refractivity contribution in [2.45, 2.75) is 77.7 Å². The SMILES string of the molecule is CCCCCCC(C)(CN)N(C)CCCCC. The van der Waals surface area contributed by atoms with Crippen LogP contribution in [-0.4, -0.2) is 30.6 Å². The van der Waals surface area contributed by atoms with Crippen molar-refractivity contribution in [2.24, 2.45) is 5.73 Å². The molecule has 0 aliphatic rings. The van der Waals surface area contributed by atoms with E-state index in [-0.39, 0.29) is 5.54 Å². The largest absolute Gasteiger partial charge is 0.329 e. The van der Waals surface area contributed by atoms with Gasteiger partial charge in [-0.05, 0) is 33.4 Å². The third-order valence-corrected chi connectivity index (χ3v) is 4.03. The Morgan fingerprint density at radius 2 is 1.53 bits per heavy atom. The van der Waals surface area contributed by atoms with Crippen molar-refractivity contribution in [2.75, 3.05) is 20.1 Å². The maximum absolute atomic E-state index is 5.99. The minimum absolute atomic E-state index is 0.210. The molecule has 0 saturated heterocycles. The Bertz CT molecular complexity index is 170. The zero-order chi connectivity index (χ0) is 13.1. The molecule has 2 heteroatoms. The van der Waals surface area contributed by atoms with Gasteiger partial charge in [-0.2, -0.15) is 0 Å². The minimum atomic E-state index is 0.210. The summed E-state index contributed by atoms with van der Waals surface area (Å²) >= 11 is 0. The highest BCUT2D eigenvalue weighted by atomic mass is 15.2. The first kappa shape index (κ1) is 16.9. The zero-order valence-corrected chi connectivity index (χ0v) is 12.6. The summed E-state index contributed by atoms with van der Waals surface area (Å²) < 4.78 is 0. The molecule has 2 nitrogen and oxygen atoms in total. The van der Waals surface area contributed by atoms with E-state index in [0.717, 1.165) is 6.54 Å². The maximum atomic E-state index is 5.99. The summed E-state index contributed by atoms with van der Waals surface area (Å²) in [6.45, 7) is 8.81. The molecule has 17 heavy (non-hydrogen) atoms. The second-order valence-electron chi connectivity index (χ2n) is 5.64. The fraction of sp³-hybridized carbons (Fsp3) is 1.00. The molecule has 0 bridgehead atoms. The number of nitrogens with two attached hydrogens (primary N) is 1. The average molecular weight is 242 g/mol. The number of rotatable bonds is 11. The van der Waals surface area contributed by atoms with Crippen molar-refractivity contribution in [3.05, 3.63) is 0 Å². The normalized spacial score (nSPS) is 15.2. The van der Waals surface area contributed by atoms with E-state index in [2.05, 4.69) is 32.7 Å². The van der Waals surface area contributed by atoms with Crippen LogP contribution >= 0.6 is 0 Å². The summed E-state index contributed by atoms with van der Waals surface area (Å²) in [5.74, 6) is 0. The van der Waals surface area contributed by atoms with E-state index in [4.69, 9.17) is 5.73 Å². The third-order valence-electron chi connectivity index (χ3n) is 4.03. The molecule has 104 valence electrons. The van der Waals surface area contributed by atoms with Gasteiger partial charge in [0.15, 0.2) is 0 Å². The highest BCUT2D eigenvalue weighted by Gasteiger charge is 2.26. The van der Waals surface area contributed by atoms with Gasteiger partial charge in [0.1, 0.15) is 0 Å². The number of unbranched alkanes of at least 4 members (excludes halogenated alkanes) is 5. The molecule has 0 aliphatic carbocycles. The summed E-state index contributed by atoms with van der Waals surface area (Å²) in [6, 6.07) is 0. The Balaban J connectivity index is 3.96. The predicted molar refractivity (Wildman–Crippen MR) is 78.4 cm³/mol. The van der Waals surface area contributed by atoms with E-state index >= 15 is 0 Å². The molecule has 0 fully saturated rings. The van der Waals surface area contributed by atoms with Gasteiger partial charge in [0.25, 0.3) is 0 Å². The van der Waals surface area contributed by atoms with Gasteiger partial charge in [-0.25, -0.2) is 0 Å². The topological polar surface area (TPSA) is 29.3 Å². The van der Waals surface area contributed by atoms with Crippen LogP contribution in [0.3, 0.4) is 0 Å². The van der Waals surface area contributed by atoms with Crippen molar-refractivity contribution < 1.29 is 0 Å². The van der Waals surface area contributed by atoms with Crippen LogP contribution in [0.25, 0.3) is 0 Å². The molecule has 2 N–H and O–H groups in total. The van der Waals surface area contributed by atoms with E-state index in [1.165, 1.54) is 57.9 Å². The average Bonchev–Trinajstić information content (AvgIpc) is 2.34. The molecule has 1 atom stereocenters. The minimum Gasteiger partial charge on any atom is -0.329 e. The number of hydrogen-bond donors (Lipinski definition) is 1. The molecule has 0 rings (SSSR count). The molecular formula is C15H34N2. The van der Waals surface area contributed by atoms with Crippen molar-refractivity contribution >= 4 is 0 Å². The smallest absolute Gasteiger partial charge is 0.0300 e. The maximum Gasteiger partial charge on any atom is 0.0300 e. The second-order valence-corrected chi connectivity index (χ2v) is 5.64. The third kappa shape index (κ3) is 7.05. The van der Waals surface area contributed by atoms with Gasteiger partial charge in [0, 0.05) is 12.1 Å². The number of nitrogens with zero attached hydrogens (tertiary/aromatic N) is 1. The van der Waals surface area contributed by atoms with E-state index in [9.17, 15) is 0 Å². The van der Waals surface area contributed by atoms with E-state index < -0.39 is 0 Å². The van der Waals surface area contributed by atoms with Gasteiger partial charge in [-0.15, -0.1) is 0 Å². The molecule has 0 heterocycles. The Kier molecular flexibility index (Phi) is 9.85. The van der Waals surface area contributed by atoms with Gasteiger partial charge >= 0.3 is 0 Å². The first-order chi connectivity index (χ1) is 8.10. The Hall–Kier alpha value is -0.0800. The lowest BCUT2D eigenvalue weighted by Crippen LogP contribution is -2.50. The molecule has 0 saturated carbocycles. The Morgan fingerprint density at radius 3 is 2.06 bits per heavy atom. The van der Waals surface area contributed by atoms with Gasteiger partial charge < -0.3 is 5.73 Å². The second kappa shape index (κ2) is 9.90. The summed E-state index contributed by atoms with van der Waals surface area (Å²) in [7, 11) is 2.24. The Labute approximate surface area is 109 Å². The molecule has 0 aromatic rings. The van der Waals surface area contributed by atoms with Gasteiger partial charge in [0.2, 0.25) is 0 Å². The summed E-state index contributed by atoms with van der Waals surface area (Å²) in [6.07, 6.45) is 10.5. The van der Waals surface area contributed by atoms with Crippen molar-refractivity contribution in [3.8, 4) is 0 Å². The quantitative estimate of drug-likeness (QED) is 0.558. The lowest BCUT2D eigenvalue weighted by atomic mass is 9.92. The first-order valence-electron chi connectivity index (χ1n) is 7.52. The highest BCUT2D eigenvalue weighted by molar-refractivity contribution is 4.85. The molecule has 0 spiro atoms. The first-order valence-corrected chi connectivity index (χ1v) is 7.52. The van der Waals surface area contributed by atoms with Gasteiger partial charge in [-0.3, -0.25) is 4.90 Å². The van der Waals surface area contributed by atoms with Crippen LogP contribution in [0.2, 0.25) is 0 Å². The van der Waals surface area contributed by atoms with Crippen molar-refractivity contribution in [1.82, 2.24) is 4.90 Å². The number of hydrogen-bond acceptors (Lipinski definition) is 2. The lowest BCUT2D eigenvalue weighted by Gasteiger charge is -2.38. The van der Waals surface area contributed by atoms with Crippen LogP contribution in [0.4, 0.5) is 0 Å². The lowest BCUT2D eigenvalue weighted by molar-refractivity contribution is 0.128. The van der Waals surface area contributed by atoms with Gasteiger partial charge in [0.05, 0.1) is 0 Å². The predicted octanol–water partition coefficient (Wildman–Crippen LogP) is 3.80. The van der Waals surface area contributed by atoms with Crippen LogP contribution in [0.1, 0.15) is 72.1 Å². The van der Waals surface area contributed by atoms with E-state index in [0.29, 0.717) is 0 Å². The molecule has 0 amide bonds. The standard InChI is InChI=1S/C15H34N2/c1-5-7-9-10-12-15(3,14-16)17(4)13-11-8-6-2/h5-14,16H2,1-4H3. The molecule has 0 aromatic heterocycles. The fourth-order valence-electron chi connectivity index (χ4n) is 2.25. The Morgan fingerprint density at radius 1 is 0.941 bits per heavy atom. The molecular weight excluding hydrogens is 208 g/mol. The summed E-state index contributed by atoms with van der Waals surface area (Å²) in [5.41, 5.74) is 6.20. The molecule has 0 radical (unpaired) electrons. The summed E-state index contributed by atoms with van der Waals surface area (Å²) in [5, 5.41) is 0. The monoisotopic (exact) mass is 242 g/mol. The van der Waals surface area contributed by atoms with Crippen molar-refractivity contribution in [3.63, 3.8) is 0 Å². The van der Waals surface area contributed by atoms with E-state index in [1.54, 1.807) is 0 Å². The van der Waals surface area contributed by atoms with Crippen LogP contribution in [-0.2, 0) is 0 Å². The van der Waals surface area contributed by atoms with Crippen LogP contribution < -0.4 is 5.73 Å². The highest BCUT2D eigenvalue weighted by Crippen LogP contribution is 2.21. The zero-order valence-electron chi connectivity index (χ0n) is 12.6. The van der Waals surface area contributed by atoms with E-state index in [1.807, 2.05) is 0 Å². The van der Waals surface area contributed by atoms with Gasteiger partial charge in [-0.1, -0.05) is 52.4 Å². The summed E-state index contributed by atoms with van der Waals surface area (Å²) in [4.78, 5) is 2.48. The fourth-order valence-corrected chi connectivity index (χ4v) is 2.25. The molecule has 0 aromatic carbocycles. The van der Waals surface area contributed by atoms with Crippen LogP contribution in [0, 0.1) is 0 Å².